The molecule has 3 aromatic rings. The number of halogens is 1. The van der Waals surface area contributed by atoms with Crippen molar-refractivity contribution in [2.45, 2.75) is 5.37 Å². The Hall–Kier alpha value is -2.63. The standard InChI is InChI=1S/C23H20ClNO3S/c24-18-9-11-19(12-10-18)27-16-22(26)25-13-14-29-23(25)17-5-4-8-21(15-17)28-20-6-2-1-3-7-20/h1-12,15,23H,13-14,16H2. The van der Waals surface area contributed by atoms with E-state index in [4.69, 9.17) is 21.1 Å². The van der Waals surface area contributed by atoms with E-state index in [1.54, 1.807) is 36.0 Å². The van der Waals surface area contributed by atoms with Gasteiger partial charge in [-0.15, -0.1) is 11.8 Å². The van der Waals surface area contributed by atoms with Gasteiger partial charge in [-0.2, -0.15) is 0 Å². The molecule has 1 aliphatic rings. The van der Waals surface area contributed by atoms with E-state index >= 15 is 0 Å². The zero-order valence-electron chi connectivity index (χ0n) is 15.7. The van der Waals surface area contributed by atoms with Gasteiger partial charge < -0.3 is 14.4 Å². The molecule has 0 radical (unpaired) electrons. The van der Waals surface area contributed by atoms with Crippen molar-refractivity contribution in [3.63, 3.8) is 0 Å². The molecule has 1 atom stereocenters. The molecule has 1 saturated heterocycles. The number of thioether (sulfide) groups is 1. The molecule has 0 bridgehead atoms. The first-order valence-corrected chi connectivity index (χ1v) is 10.7. The Kier molecular flexibility index (Phi) is 6.27. The third-order valence-corrected chi connectivity index (χ3v) is 6.02. The van der Waals surface area contributed by atoms with Crippen LogP contribution in [0.4, 0.5) is 0 Å². The van der Waals surface area contributed by atoms with Crippen LogP contribution in [0.2, 0.25) is 5.02 Å². The summed E-state index contributed by atoms with van der Waals surface area (Å²) >= 11 is 7.63. The van der Waals surface area contributed by atoms with Crippen LogP contribution in [0.25, 0.3) is 0 Å². The predicted octanol–water partition coefficient (Wildman–Crippen LogP) is 5.79. The number of hydrogen-bond donors (Lipinski definition) is 0. The van der Waals surface area contributed by atoms with Crippen LogP contribution in [0.5, 0.6) is 17.2 Å². The number of nitrogens with zero attached hydrogens (tertiary/aromatic N) is 1. The van der Waals surface area contributed by atoms with Crippen LogP contribution < -0.4 is 9.47 Å². The van der Waals surface area contributed by atoms with Crippen molar-refractivity contribution in [3.05, 3.63) is 89.4 Å². The minimum atomic E-state index is -0.0457. The molecular formula is C23H20ClNO3S. The van der Waals surface area contributed by atoms with Crippen LogP contribution >= 0.6 is 23.4 Å². The molecule has 1 unspecified atom stereocenters. The van der Waals surface area contributed by atoms with E-state index in [1.807, 2.05) is 59.5 Å². The summed E-state index contributed by atoms with van der Waals surface area (Å²) in [7, 11) is 0. The number of amides is 1. The van der Waals surface area contributed by atoms with E-state index in [0.29, 0.717) is 17.3 Å². The van der Waals surface area contributed by atoms with E-state index in [9.17, 15) is 4.79 Å². The Balaban J connectivity index is 1.43. The fourth-order valence-electron chi connectivity index (χ4n) is 3.12. The summed E-state index contributed by atoms with van der Waals surface area (Å²) in [4.78, 5) is 14.6. The lowest BCUT2D eigenvalue weighted by atomic mass is 10.2. The average Bonchev–Trinajstić information content (AvgIpc) is 3.24. The van der Waals surface area contributed by atoms with E-state index in [0.717, 1.165) is 22.8 Å². The maximum Gasteiger partial charge on any atom is 0.261 e. The zero-order valence-corrected chi connectivity index (χ0v) is 17.2. The van der Waals surface area contributed by atoms with Gasteiger partial charge in [-0.25, -0.2) is 0 Å². The molecule has 0 spiro atoms. The number of hydrogen-bond acceptors (Lipinski definition) is 4. The van der Waals surface area contributed by atoms with Gasteiger partial charge in [-0.05, 0) is 54.1 Å². The second-order valence-corrected chi connectivity index (χ2v) is 8.17. The quantitative estimate of drug-likeness (QED) is 0.501. The molecule has 29 heavy (non-hydrogen) atoms. The molecular weight excluding hydrogens is 406 g/mol. The molecule has 1 amide bonds. The lowest BCUT2D eigenvalue weighted by Crippen LogP contribution is -2.34. The SMILES string of the molecule is O=C(COc1ccc(Cl)cc1)N1CCSC1c1cccc(Oc2ccccc2)c1. The van der Waals surface area contributed by atoms with E-state index in [-0.39, 0.29) is 17.9 Å². The first-order valence-electron chi connectivity index (χ1n) is 9.31. The van der Waals surface area contributed by atoms with Crippen molar-refractivity contribution in [2.24, 2.45) is 0 Å². The van der Waals surface area contributed by atoms with Gasteiger partial charge in [-0.1, -0.05) is 41.9 Å². The summed E-state index contributed by atoms with van der Waals surface area (Å²) < 4.78 is 11.6. The molecule has 148 valence electrons. The highest BCUT2D eigenvalue weighted by molar-refractivity contribution is 7.99. The minimum Gasteiger partial charge on any atom is -0.484 e. The molecule has 3 aromatic carbocycles. The molecule has 0 N–H and O–H groups in total. The molecule has 0 aromatic heterocycles. The van der Waals surface area contributed by atoms with Gasteiger partial charge >= 0.3 is 0 Å². The third-order valence-electron chi connectivity index (χ3n) is 4.51. The monoisotopic (exact) mass is 425 g/mol. The lowest BCUT2D eigenvalue weighted by molar-refractivity contribution is -0.133. The molecule has 1 fully saturated rings. The van der Waals surface area contributed by atoms with Gasteiger partial charge in [0.1, 0.15) is 22.6 Å². The highest BCUT2D eigenvalue weighted by Gasteiger charge is 2.31. The van der Waals surface area contributed by atoms with Crippen molar-refractivity contribution in [1.29, 1.82) is 0 Å². The Labute approximate surface area is 179 Å². The fraction of sp³-hybridized carbons (Fsp3) is 0.174. The maximum absolute atomic E-state index is 12.8. The number of para-hydroxylation sites is 1. The molecule has 0 saturated carbocycles. The van der Waals surface area contributed by atoms with Gasteiger partial charge in [0.2, 0.25) is 0 Å². The molecule has 4 rings (SSSR count). The van der Waals surface area contributed by atoms with Crippen LogP contribution in [0.1, 0.15) is 10.9 Å². The van der Waals surface area contributed by atoms with Gasteiger partial charge in [0.15, 0.2) is 6.61 Å². The summed E-state index contributed by atoms with van der Waals surface area (Å²) in [6, 6.07) is 24.6. The van der Waals surface area contributed by atoms with E-state index < -0.39 is 0 Å². The Morgan fingerprint density at radius 1 is 0.966 bits per heavy atom. The largest absolute Gasteiger partial charge is 0.484 e. The Morgan fingerprint density at radius 2 is 1.72 bits per heavy atom. The molecule has 4 nitrogen and oxygen atoms in total. The van der Waals surface area contributed by atoms with Crippen LogP contribution in [-0.2, 0) is 4.79 Å². The van der Waals surface area contributed by atoms with Crippen LogP contribution in [0, 0.1) is 0 Å². The zero-order chi connectivity index (χ0) is 20.1. The Morgan fingerprint density at radius 3 is 2.52 bits per heavy atom. The molecule has 6 heteroatoms. The first-order chi connectivity index (χ1) is 14.2. The number of benzene rings is 3. The van der Waals surface area contributed by atoms with Gasteiger partial charge in [0.25, 0.3) is 5.91 Å². The predicted molar refractivity (Wildman–Crippen MR) is 117 cm³/mol. The van der Waals surface area contributed by atoms with Crippen LogP contribution in [0.15, 0.2) is 78.9 Å². The number of carbonyl (C=O) groups excluding carboxylic acids is 1. The van der Waals surface area contributed by atoms with Gasteiger partial charge in [0.05, 0.1) is 0 Å². The van der Waals surface area contributed by atoms with Crippen LogP contribution in [0.3, 0.4) is 0 Å². The minimum absolute atomic E-state index is 0.00109. The number of ether oxygens (including phenoxy) is 2. The second-order valence-electron chi connectivity index (χ2n) is 6.54. The third kappa shape index (κ3) is 5.05. The van der Waals surface area contributed by atoms with Crippen molar-refractivity contribution in [1.82, 2.24) is 4.90 Å². The molecule has 1 heterocycles. The van der Waals surface area contributed by atoms with Crippen LogP contribution in [-0.4, -0.2) is 29.7 Å². The molecule has 1 aliphatic heterocycles. The van der Waals surface area contributed by atoms with Crippen molar-refractivity contribution >= 4 is 29.3 Å². The summed E-state index contributed by atoms with van der Waals surface area (Å²) in [5, 5.41) is 0.591. The lowest BCUT2D eigenvalue weighted by Gasteiger charge is -2.24. The fourth-order valence-corrected chi connectivity index (χ4v) is 4.51. The van der Waals surface area contributed by atoms with Gasteiger partial charge in [0, 0.05) is 17.3 Å². The van der Waals surface area contributed by atoms with Crippen molar-refractivity contribution in [3.8, 4) is 17.2 Å². The number of carbonyl (C=O) groups is 1. The number of rotatable bonds is 6. The molecule has 0 aliphatic carbocycles. The van der Waals surface area contributed by atoms with Gasteiger partial charge in [-0.3, -0.25) is 4.79 Å². The summed E-state index contributed by atoms with van der Waals surface area (Å²) in [6.45, 7) is 0.695. The summed E-state index contributed by atoms with van der Waals surface area (Å²) in [5.41, 5.74) is 1.04. The topological polar surface area (TPSA) is 38.8 Å². The van der Waals surface area contributed by atoms with Crippen molar-refractivity contribution < 1.29 is 14.3 Å². The second kappa shape index (κ2) is 9.25. The highest BCUT2D eigenvalue weighted by atomic mass is 35.5. The van der Waals surface area contributed by atoms with E-state index in [2.05, 4.69) is 0 Å². The Bertz CT molecular complexity index is 965. The maximum atomic E-state index is 12.8. The van der Waals surface area contributed by atoms with Crippen molar-refractivity contribution in [2.75, 3.05) is 18.9 Å². The normalized spacial score (nSPS) is 15.9. The smallest absolute Gasteiger partial charge is 0.261 e. The summed E-state index contributed by atoms with van der Waals surface area (Å²) in [6.07, 6.45) is 0. The summed E-state index contributed by atoms with van der Waals surface area (Å²) in [5.74, 6) is 3.02. The first kappa shape index (κ1) is 19.7. The highest BCUT2D eigenvalue weighted by Crippen LogP contribution is 2.39. The average molecular weight is 426 g/mol. The van der Waals surface area contributed by atoms with E-state index in [1.165, 1.54) is 0 Å².